The Morgan fingerprint density at radius 3 is 2.67 bits per heavy atom. The molecule has 10 nitrogen and oxygen atoms in total. The Bertz CT molecular complexity index is 1270. The number of nitro groups is 1. The number of carbonyl (C=O) groups excluding carboxylic acids is 1. The van der Waals surface area contributed by atoms with Gasteiger partial charge in [0.15, 0.2) is 17.5 Å². The van der Waals surface area contributed by atoms with Gasteiger partial charge < -0.3 is 19.3 Å². The maximum Gasteiger partial charge on any atom is 0.332 e. The average Bonchev–Trinajstić information content (AvgIpc) is 3.44. The van der Waals surface area contributed by atoms with E-state index in [-0.39, 0.29) is 22.7 Å². The second-order valence-corrected chi connectivity index (χ2v) is 9.07. The van der Waals surface area contributed by atoms with E-state index in [1.54, 1.807) is 25.1 Å². The Labute approximate surface area is 196 Å². The summed E-state index contributed by atoms with van der Waals surface area (Å²) in [5, 5.41) is 22.5. The van der Waals surface area contributed by atoms with E-state index in [4.69, 9.17) is 14.2 Å². The highest BCUT2D eigenvalue weighted by molar-refractivity contribution is 8.15. The summed E-state index contributed by atoms with van der Waals surface area (Å²) in [6.07, 6.45) is -0.910. The number of aromatic hydroxyl groups is 1. The van der Waals surface area contributed by atoms with Crippen molar-refractivity contribution in [2.24, 2.45) is 4.99 Å². The van der Waals surface area contributed by atoms with Crippen LogP contribution >= 0.6 is 23.1 Å². The van der Waals surface area contributed by atoms with Crippen LogP contribution in [0.2, 0.25) is 0 Å². The lowest BCUT2D eigenvalue weighted by atomic mass is 10.1. The summed E-state index contributed by atoms with van der Waals surface area (Å²) >= 11 is 2.75. The van der Waals surface area contributed by atoms with Crippen LogP contribution in [-0.2, 0) is 9.53 Å². The molecule has 1 unspecified atom stereocenters. The Morgan fingerprint density at radius 2 is 1.97 bits per heavy atom. The van der Waals surface area contributed by atoms with Crippen molar-refractivity contribution < 1.29 is 29.0 Å². The van der Waals surface area contributed by atoms with Gasteiger partial charge in [-0.05, 0) is 31.2 Å². The number of hydrogen-bond donors (Lipinski definition) is 1. The fraction of sp³-hybridized carbons (Fsp3) is 0.286. The van der Waals surface area contributed by atoms with Crippen molar-refractivity contribution in [2.45, 2.75) is 19.1 Å². The summed E-state index contributed by atoms with van der Waals surface area (Å²) < 4.78 is 16.7. The van der Waals surface area contributed by atoms with Crippen LogP contribution in [0.1, 0.15) is 23.6 Å². The van der Waals surface area contributed by atoms with E-state index in [9.17, 15) is 20.0 Å². The van der Waals surface area contributed by atoms with Crippen LogP contribution in [0, 0.1) is 10.1 Å². The highest BCUT2D eigenvalue weighted by Gasteiger charge is 2.32. The largest absolute Gasteiger partial charge is 0.508 e. The molecule has 2 heterocycles. The molecule has 1 aliphatic heterocycles. The van der Waals surface area contributed by atoms with Gasteiger partial charge in [0.2, 0.25) is 0 Å². The number of phenolic OH excluding ortho intramolecular Hbond substituents is 1. The van der Waals surface area contributed by atoms with Crippen molar-refractivity contribution in [3.63, 3.8) is 0 Å². The number of esters is 1. The monoisotopic (exact) mass is 489 g/mol. The number of carbonyl (C=O) groups is 1. The summed E-state index contributed by atoms with van der Waals surface area (Å²) in [4.78, 5) is 32.7. The standard InChI is InChI=1S/C21H19N3O7S2/c1-10(12-7-16(29-2)17(30-3)8-15(12)24(27)28)31-21(26)14-9-32-19(23-14)20-22-13-5-4-11(25)6-18(13)33-20/h4-8,10,14,25H,9H2,1-3H3/t10?,14-/m0/s1. The molecule has 12 heteroatoms. The Kier molecular flexibility index (Phi) is 6.38. The van der Waals surface area contributed by atoms with Crippen LogP contribution in [0.15, 0.2) is 35.3 Å². The van der Waals surface area contributed by atoms with Crippen molar-refractivity contribution >= 4 is 50.0 Å². The highest BCUT2D eigenvalue weighted by atomic mass is 32.2. The van der Waals surface area contributed by atoms with E-state index >= 15 is 0 Å². The van der Waals surface area contributed by atoms with Crippen molar-refractivity contribution in [1.29, 1.82) is 0 Å². The van der Waals surface area contributed by atoms with Crippen LogP contribution < -0.4 is 9.47 Å². The SMILES string of the molecule is COc1cc(C(C)OC(=O)[C@@H]2CSC(c3nc4ccc(O)cc4s3)=N2)c([N+](=O)[O-])cc1OC. The van der Waals surface area contributed by atoms with Crippen LogP contribution in [0.4, 0.5) is 5.69 Å². The molecule has 0 fully saturated rings. The zero-order valence-corrected chi connectivity index (χ0v) is 19.4. The lowest BCUT2D eigenvalue weighted by Gasteiger charge is -2.17. The molecule has 0 saturated carbocycles. The van der Waals surface area contributed by atoms with Gasteiger partial charge in [-0.3, -0.25) is 15.1 Å². The van der Waals surface area contributed by atoms with Crippen LogP contribution in [0.3, 0.4) is 0 Å². The first kappa shape index (κ1) is 22.8. The van der Waals surface area contributed by atoms with Crippen molar-refractivity contribution in [2.75, 3.05) is 20.0 Å². The lowest BCUT2D eigenvalue weighted by molar-refractivity contribution is -0.386. The quantitative estimate of drug-likeness (QED) is 0.296. The van der Waals surface area contributed by atoms with Gasteiger partial charge >= 0.3 is 5.97 Å². The molecule has 0 bridgehead atoms. The number of fused-ring (bicyclic) bond motifs is 1. The third-order valence-electron chi connectivity index (χ3n) is 4.94. The summed E-state index contributed by atoms with van der Waals surface area (Å²) in [6.45, 7) is 1.55. The Morgan fingerprint density at radius 1 is 1.24 bits per heavy atom. The molecule has 4 rings (SSSR count). The smallest absolute Gasteiger partial charge is 0.332 e. The first-order chi connectivity index (χ1) is 15.8. The molecule has 172 valence electrons. The number of rotatable bonds is 7. The predicted molar refractivity (Wildman–Crippen MR) is 125 cm³/mol. The number of benzene rings is 2. The Hall–Kier alpha value is -3.38. The molecule has 2 aromatic carbocycles. The van der Waals surface area contributed by atoms with Crippen molar-refractivity contribution in [1.82, 2.24) is 4.98 Å². The third kappa shape index (κ3) is 4.57. The number of aromatic nitrogens is 1. The van der Waals surface area contributed by atoms with Crippen LogP contribution in [-0.4, -0.2) is 52.0 Å². The van der Waals surface area contributed by atoms with E-state index in [1.807, 2.05) is 0 Å². The third-order valence-corrected chi connectivity index (χ3v) is 7.15. The highest BCUT2D eigenvalue weighted by Crippen LogP contribution is 2.39. The van der Waals surface area contributed by atoms with Gasteiger partial charge in [0.1, 0.15) is 21.9 Å². The maximum atomic E-state index is 12.8. The summed E-state index contributed by atoms with van der Waals surface area (Å²) in [7, 11) is 2.80. The van der Waals surface area contributed by atoms with E-state index < -0.39 is 23.0 Å². The van der Waals surface area contributed by atoms with Gasteiger partial charge in [-0.25, -0.2) is 9.78 Å². The Balaban J connectivity index is 1.53. The molecular weight excluding hydrogens is 470 g/mol. The van der Waals surface area contributed by atoms with E-state index in [0.29, 0.717) is 21.6 Å². The van der Waals surface area contributed by atoms with Gasteiger partial charge in [0, 0.05) is 5.75 Å². The summed E-state index contributed by atoms with van der Waals surface area (Å²) in [5.41, 5.74) is 0.680. The molecule has 33 heavy (non-hydrogen) atoms. The number of nitrogens with zero attached hydrogens (tertiary/aromatic N) is 3. The minimum atomic E-state index is -0.910. The number of hydrogen-bond acceptors (Lipinski definition) is 11. The molecule has 0 saturated heterocycles. The molecule has 2 atom stereocenters. The average molecular weight is 490 g/mol. The first-order valence-electron chi connectivity index (χ1n) is 9.72. The van der Waals surface area contributed by atoms with Gasteiger partial charge in [0.05, 0.1) is 41.0 Å². The fourth-order valence-corrected chi connectivity index (χ4v) is 5.39. The molecule has 1 aliphatic rings. The van der Waals surface area contributed by atoms with Crippen molar-refractivity contribution in [3.8, 4) is 17.2 Å². The second-order valence-electron chi connectivity index (χ2n) is 7.03. The van der Waals surface area contributed by atoms with Gasteiger partial charge in [-0.1, -0.05) is 0 Å². The van der Waals surface area contributed by atoms with E-state index in [2.05, 4.69) is 9.98 Å². The topological polar surface area (TPSA) is 133 Å². The lowest BCUT2D eigenvalue weighted by Crippen LogP contribution is -2.23. The van der Waals surface area contributed by atoms with Crippen molar-refractivity contribution in [3.05, 3.63) is 51.0 Å². The minimum absolute atomic E-state index is 0.151. The van der Waals surface area contributed by atoms with Gasteiger partial charge in [-0.2, -0.15) is 0 Å². The number of thioether (sulfide) groups is 1. The van der Waals surface area contributed by atoms with Gasteiger partial charge in [0.25, 0.3) is 5.69 Å². The molecule has 0 aliphatic carbocycles. The number of ether oxygens (including phenoxy) is 3. The maximum absolute atomic E-state index is 12.8. The van der Waals surface area contributed by atoms with Crippen LogP contribution in [0.25, 0.3) is 10.2 Å². The molecule has 0 radical (unpaired) electrons. The van der Waals surface area contributed by atoms with E-state index in [1.165, 1.54) is 49.5 Å². The molecule has 0 amide bonds. The molecule has 1 aromatic heterocycles. The molecule has 0 spiro atoms. The number of methoxy groups -OCH3 is 2. The zero-order valence-electron chi connectivity index (χ0n) is 17.8. The first-order valence-corrected chi connectivity index (χ1v) is 11.5. The van der Waals surface area contributed by atoms with E-state index in [0.717, 1.165) is 10.2 Å². The predicted octanol–water partition coefficient (Wildman–Crippen LogP) is 4.09. The number of thiazole rings is 1. The summed E-state index contributed by atoms with van der Waals surface area (Å²) in [6, 6.07) is 6.82. The molecule has 1 N–H and O–H groups in total. The molecular formula is C21H19N3O7S2. The number of nitro benzene ring substituents is 1. The number of phenols is 1. The fourth-order valence-electron chi connectivity index (χ4n) is 3.30. The zero-order chi connectivity index (χ0) is 23.7. The molecule has 3 aromatic rings. The number of aliphatic imine (C=N–C) groups is 1. The second kappa shape index (κ2) is 9.24. The normalized spacial score (nSPS) is 16.3. The minimum Gasteiger partial charge on any atom is -0.508 e. The van der Waals surface area contributed by atoms with Crippen LogP contribution in [0.5, 0.6) is 17.2 Å². The van der Waals surface area contributed by atoms with Gasteiger partial charge in [-0.15, -0.1) is 23.1 Å². The summed E-state index contributed by atoms with van der Waals surface area (Å²) in [5.74, 6) is 0.429.